The molecule has 0 aromatic carbocycles. The van der Waals surface area contributed by atoms with Gasteiger partial charge in [0, 0.05) is 36.9 Å². The first kappa shape index (κ1) is 13.1. The van der Waals surface area contributed by atoms with Crippen molar-refractivity contribution in [1.29, 1.82) is 0 Å². The zero-order valence-corrected chi connectivity index (χ0v) is 11.2. The van der Waals surface area contributed by atoms with Gasteiger partial charge < -0.3 is 9.88 Å². The average molecular weight is 269 g/mol. The van der Waals surface area contributed by atoms with Crippen LogP contribution in [0.4, 0.5) is 0 Å². The van der Waals surface area contributed by atoms with Gasteiger partial charge in [-0.1, -0.05) is 0 Å². The molecule has 98 valence electrons. The molecule has 0 spiro atoms. The first-order chi connectivity index (χ1) is 8.61. The minimum Gasteiger partial charge on any atom is -0.364 e. The highest BCUT2D eigenvalue weighted by molar-refractivity contribution is 6.18. The molecule has 0 atom stereocenters. The number of alkyl halides is 1. The van der Waals surface area contributed by atoms with Crippen LogP contribution >= 0.6 is 11.6 Å². The van der Waals surface area contributed by atoms with Gasteiger partial charge in [-0.05, 0) is 25.7 Å². The number of nitrogens with one attached hydrogen (secondary N) is 1. The summed E-state index contributed by atoms with van der Waals surface area (Å²) < 4.78 is 0. The van der Waals surface area contributed by atoms with Gasteiger partial charge in [0.25, 0.3) is 5.91 Å². The van der Waals surface area contributed by atoms with Crippen LogP contribution in [0.1, 0.15) is 28.9 Å². The van der Waals surface area contributed by atoms with Crippen molar-refractivity contribution in [2.75, 3.05) is 19.0 Å². The molecule has 0 bridgehead atoms. The third-order valence-corrected chi connectivity index (χ3v) is 3.84. The number of hydrogen-bond donors (Lipinski definition) is 1. The Hall–Kier alpha value is -1.29. The molecular weight excluding hydrogens is 252 g/mol. The highest BCUT2D eigenvalue weighted by Gasteiger charge is 2.24. The molecule has 2 rings (SSSR count). The maximum Gasteiger partial charge on any atom is 0.259 e. The minimum absolute atomic E-state index is 0.177. The number of H-pyrrole nitrogens is 1. The van der Waals surface area contributed by atoms with E-state index in [-0.39, 0.29) is 16.9 Å². The van der Waals surface area contributed by atoms with Crippen LogP contribution in [-0.2, 0) is 0 Å². The first-order valence-electron chi connectivity index (χ1n) is 6.16. The van der Waals surface area contributed by atoms with Crippen LogP contribution in [0.2, 0.25) is 0 Å². The number of aryl methyl sites for hydroxylation is 1. The van der Waals surface area contributed by atoms with Gasteiger partial charge in [0.05, 0.1) is 0 Å². The fourth-order valence-corrected chi connectivity index (χ4v) is 2.51. The van der Waals surface area contributed by atoms with Crippen molar-refractivity contribution in [1.82, 2.24) is 9.88 Å². The molecule has 1 aromatic rings. The average Bonchev–Trinajstić information content (AvgIpc) is 2.38. The Morgan fingerprint density at radius 1 is 1.50 bits per heavy atom. The molecule has 5 heteroatoms. The van der Waals surface area contributed by atoms with Crippen LogP contribution in [0, 0.1) is 12.8 Å². The zero-order chi connectivity index (χ0) is 13.1. The maximum atomic E-state index is 12.2. The van der Waals surface area contributed by atoms with Gasteiger partial charge in [-0.2, -0.15) is 0 Å². The van der Waals surface area contributed by atoms with E-state index in [1.807, 2.05) is 0 Å². The molecule has 1 amide bonds. The number of likely N-dealkylation sites (tertiary alicyclic amines) is 1. The predicted octanol–water partition coefficient (Wildman–Crippen LogP) is 1.77. The van der Waals surface area contributed by atoms with Gasteiger partial charge in [0.15, 0.2) is 5.43 Å². The molecule has 1 N–H and O–H groups in total. The van der Waals surface area contributed by atoms with Gasteiger partial charge >= 0.3 is 0 Å². The lowest BCUT2D eigenvalue weighted by Gasteiger charge is -2.30. The Kier molecular flexibility index (Phi) is 4.07. The summed E-state index contributed by atoms with van der Waals surface area (Å²) in [4.78, 5) is 28.6. The molecule has 1 saturated heterocycles. The predicted molar refractivity (Wildman–Crippen MR) is 71.1 cm³/mol. The van der Waals surface area contributed by atoms with Crippen LogP contribution in [0.5, 0.6) is 0 Å². The molecule has 0 unspecified atom stereocenters. The van der Waals surface area contributed by atoms with E-state index in [1.165, 1.54) is 12.3 Å². The second kappa shape index (κ2) is 5.57. The summed E-state index contributed by atoms with van der Waals surface area (Å²) in [7, 11) is 0. The Morgan fingerprint density at radius 3 is 2.72 bits per heavy atom. The number of aromatic amines is 1. The first-order valence-corrected chi connectivity index (χ1v) is 6.70. The number of halogens is 1. The Balaban J connectivity index is 2.10. The van der Waals surface area contributed by atoms with E-state index in [1.54, 1.807) is 11.8 Å². The fraction of sp³-hybridized carbons (Fsp3) is 0.538. The van der Waals surface area contributed by atoms with E-state index in [9.17, 15) is 9.59 Å². The lowest BCUT2D eigenvalue weighted by molar-refractivity contribution is 0.0696. The van der Waals surface area contributed by atoms with Gasteiger partial charge in [0.1, 0.15) is 5.56 Å². The maximum absolute atomic E-state index is 12.2. The van der Waals surface area contributed by atoms with E-state index in [0.717, 1.165) is 18.5 Å². The summed E-state index contributed by atoms with van der Waals surface area (Å²) >= 11 is 5.81. The largest absolute Gasteiger partial charge is 0.364 e. The summed E-state index contributed by atoms with van der Waals surface area (Å²) in [5.41, 5.74) is 0.776. The molecule has 1 aliphatic rings. The summed E-state index contributed by atoms with van der Waals surface area (Å²) in [6.07, 6.45) is 3.34. The van der Waals surface area contributed by atoms with E-state index in [2.05, 4.69) is 4.98 Å². The summed E-state index contributed by atoms with van der Waals surface area (Å²) in [5.74, 6) is 0.962. The number of piperidine rings is 1. The lowest BCUT2D eigenvalue weighted by atomic mass is 9.98. The third kappa shape index (κ3) is 2.75. The lowest BCUT2D eigenvalue weighted by Crippen LogP contribution is -2.40. The van der Waals surface area contributed by atoms with Crippen molar-refractivity contribution < 1.29 is 4.79 Å². The molecule has 1 aromatic heterocycles. The Labute approximate surface area is 111 Å². The van der Waals surface area contributed by atoms with Crippen LogP contribution in [0.25, 0.3) is 0 Å². The van der Waals surface area contributed by atoms with E-state index < -0.39 is 0 Å². The standard InChI is InChI=1S/C13H17ClN2O2/c1-9-6-12(17)11(8-15-9)13(18)16-4-2-10(7-14)3-5-16/h6,8,10H,2-5,7H2,1H3,(H,15,17). The molecule has 2 heterocycles. The topological polar surface area (TPSA) is 53.2 Å². The van der Waals surface area contributed by atoms with Gasteiger partial charge in [-0.15, -0.1) is 11.6 Å². The molecule has 0 radical (unpaired) electrons. The number of amides is 1. The van der Waals surface area contributed by atoms with Crippen molar-refractivity contribution in [3.8, 4) is 0 Å². The van der Waals surface area contributed by atoms with Crippen molar-refractivity contribution in [3.05, 3.63) is 33.7 Å². The molecule has 1 aliphatic heterocycles. The van der Waals surface area contributed by atoms with Gasteiger partial charge in [0.2, 0.25) is 0 Å². The third-order valence-electron chi connectivity index (χ3n) is 3.41. The fourth-order valence-electron chi connectivity index (χ4n) is 2.20. The molecule has 1 fully saturated rings. The number of rotatable bonds is 2. The summed E-state index contributed by atoms with van der Waals surface area (Å²) in [5, 5.41) is 0. The van der Waals surface area contributed by atoms with Crippen molar-refractivity contribution >= 4 is 17.5 Å². The van der Waals surface area contributed by atoms with E-state index in [4.69, 9.17) is 11.6 Å². The number of hydrogen-bond acceptors (Lipinski definition) is 2. The minimum atomic E-state index is -0.212. The van der Waals surface area contributed by atoms with Crippen LogP contribution < -0.4 is 5.43 Å². The van der Waals surface area contributed by atoms with Crippen molar-refractivity contribution in [2.24, 2.45) is 5.92 Å². The summed E-state index contributed by atoms with van der Waals surface area (Å²) in [6, 6.07) is 1.46. The quantitative estimate of drug-likeness (QED) is 0.831. The molecule has 0 saturated carbocycles. The second-order valence-corrected chi connectivity index (χ2v) is 5.09. The van der Waals surface area contributed by atoms with Gasteiger partial charge in [-0.3, -0.25) is 9.59 Å². The Bertz CT molecular complexity index is 490. The number of nitrogens with zero attached hydrogens (tertiary/aromatic N) is 1. The van der Waals surface area contributed by atoms with E-state index >= 15 is 0 Å². The zero-order valence-electron chi connectivity index (χ0n) is 10.4. The highest BCUT2D eigenvalue weighted by Crippen LogP contribution is 2.19. The van der Waals surface area contributed by atoms with Crippen molar-refractivity contribution in [3.63, 3.8) is 0 Å². The SMILES string of the molecule is Cc1cc(=O)c(C(=O)N2CCC(CCl)CC2)c[nH]1. The number of aromatic nitrogens is 1. The highest BCUT2D eigenvalue weighted by atomic mass is 35.5. The summed E-state index contributed by atoms with van der Waals surface area (Å²) in [6.45, 7) is 3.16. The molecule has 4 nitrogen and oxygen atoms in total. The van der Waals surface area contributed by atoms with Crippen LogP contribution in [0.15, 0.2) is 17.1 Å². The van der Waals surface area contributed by atoms with Crippen molar-refractivity contribution in [2.45, 2.75) is 19.8 Å². The van der Waals surface area contributed by atoms with Crippen LogP contribution in [-0.4, -0.2) is 34.8 Å². The van der Waals surface area contributed by atoms with Gasteiger partial charge in [-0.25, -0.2) is 0 Å². The molecule has 18 heavy (non-hydrogen) atoms. The normalized spacial score (nSPS) is 16.9. The number of pyridine rings is 1. The number of carbonyl (C=O) groups excluding carboxylic acids is 1. The molecule has 0 aliphatic carbocycles. The smallest absolute Gasteiger partial charge is 0.259 e. The van der Waals surface area contributed by atoms with Crippen LogP contribution in [0.3, 0.4) is 0 Å². The molecular formula is C13H17ClN2O2. The Morgan fingerprint density at radius 2 is 2.17 bits per heavy atom. The number of carbonyl (C=O) groups is 1. The second-order valence-electron chi connectivity index (χ2n) is 4.78. The van der Waals surface area contributed by atoms with E-state index in [0.29, 0.717) is 24.9 Å². The monoisotopic (exact) mass is 268 g/mol.